The van der Waals surface area contributed by atoms with Gasteiger partial charge in [0.05, 0.1) is 16.1 Å². The van der Waals surface area contributed by atoms with Crippen LogP contribution in [0.3, 0.4) is 0 Å². The number of carbonyl (C=O) groups excluding carboxylic acids is 2. The van der Waals surface area contributed by atoms with Crippen molar-refractivity contribution in [2.75, 3.05) is 28.6 Å². The Kier molecular flexibility index (Phi) is 6.42. The van der Waals surface area contributed by atoms with Crippen molar-refractivity contribution < 1.29 is 27.5 Å². The first kappa shape index (κ1) is 23.1. The molecular weight excluding hydrogens is 458 g/mol. The molecule has 2 amide bonds. The Morgan fingerprint density at radius 2 is 1.53 bits per heavy atom. The molecule has 1 heterocycles. The molecule has 10 heteroatoms. The fourth-order valence-electron chi connectivity index (χ4n) is 3.46. The maximum absolute atomic E-state index is 13.2. The van der Waals surface area contributed by atoms with Crippen LogP contribution in [0, 0.1) is 6.92 Å². The minimum absolute atomic E-state index is 0.0132. The third-order valence-corrected chi connectivity index (χ3v) is 6.52. The third kappa shape index (κ3) is 5.12. The molecule has 0 radical (unpaired) electrons. The number of benzene rings is 3. The topological polar surface area (TPSA) is 123 Å². The molecule has 176 valence electrons. The lowest BCUT2D eigenvalue weighted by atomic mass is 10.1. The Morgan fingerprint density at radius 3 is 2.29 bits per heavy atom. The van der Waals surface area contributed by atoms with E-state index in [1.807, 2.05) is 0 Å². The Bertz CT molecular complexity index is 1370. The number of ether oxygens (including phenoxy) is 2. The highest BCUT2D eigenvalue weighted by Gasteiger charge is 2.22. The number of para-hydroxylation sites is 1. The molecule has 0 saturated heterocycles. The van der Waals surface area contributed by atoms with E-state index in [2.05, 4.69) is 15.4 Å². The minimum Gasteiger partial charge on any atom is -0.486 e. The summed E-state index contributed by atoms with van der Waals surface area (Å²) in [5.74, 6) is 0.293. The summed E-state index contributed by atoms with van der Waals surface area (Å²) in [6, 6.07) is 15.9. The van der Waals surface area contributed by atoms with Gasteiger partial charge in [0.15, 0.2) is 11.5 Å². The highest BCUT2D eigenvalue weighted by Crippen LogP contribution is 2.33. The smallest absolute Gasteiger partial charge is 0.262 e. The molecule has 3 aromatic rings. The average molecular weight is 482 g/mol. The molecule has 0 fully saturated rings. The van der Waals surface area contributed by atoms with Gasteiger partial charge in [0.1, 0.15) is 13.2 Å². The number of carbonyl (C=O) groups is 2. The van der Waals surface area contributed by atoms with Crippen LogP contribution in [0.1, 0.15) is 22.8 Å². The molecular formula is C24H23N3O6S. The second-order valence-corrected chi connectivity index (χ2v) is 9.28. The summed E-state index contributed by atoms with van der Waals surface area (Å²) in [6.45, 7) is 3.85. The van der Waals surface area contributed by atoms with Gasteiger partial charge < -0.3 is 20.1 Å². The van der Waals surface area contributed by atoms with Crippen molar-refractivity contribution in [2.24, 2.45) is 0 Å². The van der Waals surface area contributed by atoms with Crippen LogP contribution < -0.4 is 24.8 Å². The van der Waals surface area contributed by atoms with Crippen molar-refractivity contribution in [3.8, 4) is 11.5 Å². The molecule has 3 aromatic carbocycles. The molecule has 0 aromatic heterocycles. The lowest BCUT2D eigenvalue weighted by Crippen LogP contribution is -2.20. The lowest BCUT2D eigenvalue weighted by Gasteiger charge is -2.19. The molecule has 0 unspecified atom stereocenters. The normalized spacial score (nSPS) is 12.5. The molecule has 0 spiro atoms. The van der Waals surface area contributed by atoms with Crippen LogP contribution in [0.25, 0.3) is 0 Å². The van der Waals surface area contributed by atoms with E-state index in [1.54, 1.807) is 49.4 Å². The Labute approximate surface area is 197 Å². The van der Waals surface area contributed by atoms with Crippen LogP contribution in [-0.2, 0) is 14.8 Å². The zero-order chi connectivity index (χ0) is 24.3. The zero-order valence-electron chi connectivity index (χ0n) is 18.5. The number of fused-ring (bicyclic) bond motifs is 1. The molecule has 34 heavy (non-hydrogen) atoms. The van der Waals surface area contributed by atoms with Gasteiger partial charge in [-0.1, -0.05) is 18.2 Å². The summed E-state index contributed by atoms with van der Waals surface area (Å²) in [6.07, 6.45) is 0. The van der Waals surface area contributed by atoms with Gasteiger partial charge in [0.25, 0.3) is 15.9 Å². The number of amides is 2. The summed E-state index contributed by atoms with van der Waals surface area (Å²) in [7, 11) is -4.06. The summed E-state index contributed by atoms with van der Waals surface area (Å²) >= 11 is 0. The fourth-order valence-corrected chi connectivity index (χ4v) is 4.81. The summed E-state index contributed by atoms with van der Waals surface area (Å²) in [4.78, 5) is 24.4. The maximum atomic E-state index is 13.2. The molecule has 1 aliphatic heterocycles. The van der Waals surface area contributed by atoms with E-state index in [1.165, 1.54) is 25.1 Å². The first-order valence-corrected chi connectivity index (χ1v) is 11.9. The molecule has 0 saturated carbocycles. The molecule has 9 nitrogen and oxygen atoms in total. The van der Waals surface area contributed by atoms with E-state index >= 15 is 0 Å². The molecule has 4 rings (SSSR count). The van der Waals surface area contributed by atoms with Crippen molar-refractivity contribution in [3.05, 3.63) is 71.8 Å². The number of nitrogens with one attached hydrogen (secondary N) is 3. The number of sulfonamides is 1. The van der Waals surface area contributed by atoms with Gasteiger partial charge in [-0.05, 0) is 48.9 Å². The molecule has 0 bridgehead atoms. The van der Waals surface area contributed by atoms with Crippen LogP contribution in [0.4, 0.5) is 17.1 Å². The average Bonchev–Trinajstić information content (AvgIpc) is 2.80. The van der Waals surface area contributed by atoms with E-state index in [4.69, 9.17) is 9.47 Å². The SMILES string of the molecule is CC(=O)Nc1ccc(C)c(S(=O)(=O)Nc2ccccc2C(=O)Nc2ccc3c(c2)OCCO3)c1. The molecule has 0 atom stereocenters. The van der Waals surface area contributed by atoms with Crippen LogP contribution in [-0.4, -0.2) is 33.4 Å². The van der Waals surface area contributed by atoms with Crippen molar-refractivity contribution in [3.63, 3.8) is 0 Å². The molecule has 3 N–H and O–H groups in total. The van der Waals surface area contributed by atoms with Gasteiger partial charge in [0.2, 0.25) is 5.91 Å². The minimum atomic E-state index is -4.06. The predicted molar refractivity (Wildman–Crippen MR) is 128 cm³/mol. The van der Waals surface area contributed by atoms with Crippen molar-refractivity contribution in [1.29, 1.82) is 0 Å². The van der Waals surface area contributed by atoms with Gasteiger partial charge >= 0.3 is 0 Å². The zero-order valence-corrected chi connectivity index (χ0v) is 19.4. The Morgan fingerprint density at radius 1 is 0.853 bits per heavy atom. The van der Waals surface area contributed by atoms with Crippen LogP contribution in [0.15, 0.2) is 65.6 Å². The first-order valence-electron chi connectivity index (χ1n) is 10.4. The van der Waals surface area contributed by atoms with Crippen LogP contribution in [0.5, 0.6) is 11.5 Å². The van der Waals surface area contributed by atoms with E-state index in [9.17, 15) is 18.0 Å². The quantitative estimate of drug-likeness (QED) is 0.493. The van der Waals surface area contributed by atoms with E-state index in [-0.39, 0.29) is 22.1 Å². The fraction of sp³-hybridized carbons (Fsp3) is 0.167. The summed E-state index contributed by atoms with van der Waals surface area (Å²) in [5.41, 5.74) is 1.56. The number of aryl methyl sites for hydroxylation is 1. The Hall–Kier alpha value is -4.05. The Balaban J connectivity index is 1.59. The number of hydrogen-bond donors (Lipinski definition) is 3. The summed E-state index contributed by atoms with van der Waals surface area (Å²) < 4.78 is 39.9. The van der Waals surface area contributed by atoms with Gasteiger partial charge in [-0.15, -0.1) is 0 Å². The highest BCUT2D eigenvalue weighted by atomic mass is 32.2. The lowest BCUT2D eigenvalue weighted by molar-refractivity contribution is -0.114. The summed E-state index contributed by atoms with van der Waals surface area (Å²) in [5, 5.41) is 5.33. The van der Waals surface area contributed by atoms with Crippen molar-refractivity contribution in [1.82, 2.24) is 0 Å². The van der Waals surface area contributed by atoms with Crippen molar-refractivity contribution >= 4 is 38.9 Å². The van der Waals surface area contributed by atoms with Gasteiger partial charge in [0, 0.05) is 24.4 Å². The van der Waals surface area contributed by atoms with E-state index in [0.29, 0.717) is 41.7 Å². The standard InChI is InChI=1S/C24H23N3O6S/c1-15-7-8-18(25-16(2)28)14-23(15)34(30,31)27-20-6-4-3-5-19(20)24(29)26-17-9-10-21-22(13-17)33-12-11-32-21/h3-10,13-14,27H,11-12H2,1-2H3,(H,25,28)(H,26,29). The predicted octanol–water partition coefficient (Wildman–Crippen LogP) is 3.78. The highest BCUT2D eigenvalue weighted by molar-refractivity contribution is 7.92. The second-order valence-electron chi connectivity index (χ2n) is 7.63. The first-order chi connectivity index (χ1) is 16.2. The van der Waals surface area contributed by atoms with Crippen molar-refractivity contribution in [2.45, 2.75) is 18.7 Å². The van der Waals surface area contributed by atoms with Crippen LogP contribution in [0.2, 0.25) is 0 Å². The second kappa shape index (κ2) is 9.44. The van der Waals surface area contributed by atoms with E-state index < -0.39 is 15.9 Å². The maximum Gasteiger partial charge on any atom is 0.262 e. The van der Waals surface area contributed by atoms with Gasteiger partial charge in [-0.25, -0.2) is 8.42 Å². The van der Waals surface area contributed by atoms with Crippen LogP contribution >= 0.6 is 0 Å². The van der Waals surface area contributed by atoms with Gasteiger partial charge in [-0.2, -0.15) is 0 Å². The number of hydrogen-bond acceptors (Lipinski definition) is 6. The molecule has 1 aliphatic rings. The number of anilines is 3. The van der Waals surface area contributed by atoms with E-state index in [0.717, 1.165) is 0 Å². The van der Waals surface area contributed by atoms with Gasteiger partial charge in [-0.3, -0.25) is 14.3 Å². The monoisotopic (exact) mass is 481 g/mol. The third-order valence-electron chi connectivity index (χ3n) is 5.01. The largest absolute Gasteiger partial charge is 0.486 e. The molecule has 0 aliphatic carbocycles. The number of rotatable bonds is 6.